The second-order valence-electron chi connectivity index (χ2n) is 7.53. The van der Waals surface area contributed by atoms with Crippen molar-refractivity contribution >= 4 is 5.91 Å². The summed E-state index contributed by atoms with van der Waals surface area (Å²) in [5.74, 6) is 0.995. The summed E-state index contributed by atoms with van der Waals surface area (Å²) >= 11 is 0. The van der Waals surface area contributed by atoms with Gasteiger partial charge < -0.3 is 14.7 Å². The molecule has 2 fully saturated rings. The molecule has 0 aromatic carbocycles. The molecule has 1 aromatic rings. The molecule has 3 rings (SSSR count). The zero-order valence-corrected chi connectivity index (χ0v) is 15.2. The van der Waals surface area contributed by atoms with Crippen LogP contribution >= 0.6 is 0 Å². The largest absolute Gasteiger partial charge is 0.474 e. The van der Waals surface area contributed by atoms with Crippen LogP contribution < -0.4 is 4.74 Å². The van der Waals surface area contributed by atoms with Crippen molar-refractivity contribution in [3.8, 4) is 5.88 Å². The van der Waals surface area contributed by atoms with Crippen LogP contribution in [0.1, 0.15) is 68.1 Å². The van der Waals surface area contributed by atoms with Crippen LogP contribution in [0.2, 0.25) is 0 Å². The van der Waals surface area contributed by atoms with Gasteiger partial charge in [-0.15, -0.1) is 0 Å². The highest BCUT2D eigenvalue weighted by Crippen LogP contribution is 2.28. The summed E-state index contributed by atoms with van der Waals surface area (Å²) < 4.78 is 5.99. The van der Waals surface area contributed by atoms with E-state index in [2.05, 4.69) is 4.98 Å². The van der Waals surface area contributed by atoms with Crippen molar-refractivity contribution in [3.05, 3.63) is 23.9 Å². The molecular formula is C20H30N2O3. The third kappa shape index (κ3) is 4.72. The normalized spacial score (nSPS) is 24.7. The number of hydrogen-bond acceptors (Lipinski definition) is 4. The number of hydrogen-bond donors (Lipinski definition) is 1. The number of aliphatic hydroxyl groups is 1. The van der Waals surface area contributed by atoms with E-state index in [-0.39, 0.29) is 24.7 Å². The van der Waals surface area contributed by atoms with E-state index in [4.69, 9.17) is 4.74 Å². The first-order chi connectivity index (χ1) is 12.2. The number of carbonyl (C=O) groups is 1. The van der Waals surface area contributed by atoms with E-state index in [1.54, 1.807) is 18.3 Å². The maximum absolute atomic E-state index is 12.8. The molecule has 0 atom stereocenters. The summed E-state index contributed by atoms with van der Waals surface area (Å²) in [5.41, 5.74) is 0.646. The van der Waals surface area contributed by atoms with Crippen LogP contribution in [-0.4, -0.2) is 46.7 Å². The Labute approximate surface area is 150 Å². The molecular weight excluding hydrogens is 316 g/mol. The van der Waals surface area contributed by atoms with Gasteiger partial charge in [-0.2, -0.15) is 0 Å². The monoisotopic (exact) mass is 346 g/mol. The van der Waals surface area contributed by atoms with Crippen molar-refractivity contribution < 1.29 is 14.6 Å². The zero-order valence-electron chi connectivity index (χ0n) is 15.2. The predicted octanol–water partition coefficient (Wildman–Crippen LogP) is 3.42. The van der Waals surface area contributed by atoms with E-state index in [1.807, 2.05) is 11.9 Å². The molecule has 0 bridgehead atoms. The molecule has 2 aliphatic rings. The van der Waals surface area contributed by atoms with Crippen molar-refractivity contribution in [3.63, 3.8) is 0 Å². The average molecular weight is 346 g/mol. The Kier molecular flexibility index (Phi) is 6.29. The number of amides is 1. The highest BCUT2D eigenvalue weighted by molar-refractivity contribution is 5.94. The lowest BCUT2D eigenvalue weighted by Gasteiger charge is -2.34. The molecule has 2 saturated carbocycles. The highest BCUT2D eigenvalue weighted by atomic mass is 16.5. The molecule has 1 N–H and O–H groups in total. The van der Waals surface area contributed by atoms with Crippen LogP contribution in [0.25, 0.3) is 0 Å². The average Bonchev–Trinajstić information content (AvgIpc) is 2.68. The fraction of sp³-hybridized carbons (Fsp3) is 0.700. The zero-order chi connectivity index (χ0) is 17.6. The van der Waals surface area contributed by atoms with Crippen LogP contribution in [0, 0.1) is 5.92 Å². The summed E-state index contributed by atoms with van der Waals surface area (Å²) in [7, 11) is 1.88. The van der Waals surface area contributed by atoms with Gasteiger partial charge in [0.25, 0.3) is 5.91 Å². The lowest BCUT2D eigenvalue weighted by molar-refractivity contribution is 0.0651. The van der Waals surface area contributed by atoms with Crippen molar-refractivity contribution in [1.82, 2.24) is 9.88 Å². The maximum atomic E-state index is 12.8. The number of carbonyl (C=O) groups excluding carboxylic acids is 1. The van der Waals surface area contributed by atoms with Gasteiger partial charge in [-0.05, 0) is 63.4 Å². The molecule has 1 heterocycles. The van der Waals surface area contributed by atoms with E-state index in [1.165, 1.54) is 19.3 Å². The first-order valence-electron chi connectivity index (χ1n) is 9.68. The van der Waals surface area contributed by atoms with Crippen LogP contribution in [0.3, 0.4) is 0 Å². The third-order valence-corrected chi connectivity index (χ3v) is 5.76. The minimum Gasteiger partial charge on any atom is -0.474 e. The summed E-state index contributed by atoms with van der Waals surface area (Å²) in [6, 6.07) is 3.81. The lowest BCUT2D eigenvalue weighted by atomic mass is 9.86. The van der Waals surface area contributed by atoms with E-state index >= 15 is 0 Å². The fourth-order valence-corrected chi connectivity index (χ4v) is 4.04. The quantitative estimate of drug-likeness (QED) is 0.887. The topological polar surface area (TPSA) is 62.7 Å². The van der Waals surface area contributed by atoms with E-state index in [0.29, 0.717) is 17.4 Å². The highest BCUT2D eigenvalue weighted by Gasteiger charge is 2.27. The van der Waals surface area contributed by atoms with E-state index in [0.717, 1.165) is 38.5 Å². The van der Waals surface area contributed by atoms with Gasteiger partial charge >= 0.3 is 0 Å². The second kappa shape index (κ2) is 8.65. The molecule has 1 amide bonds. The number of aliphatic hydroxyl groups excluding tert-OH is 1. The van der Waals surface area contributed by atoms with Gasteiger partial charge in [0.2, 0.25) is 5.88 Å². The first-order valence-corrected chi connectivity index (χ1v) is 9.68. The van der Waals surface area contributed by atoms with Crippen molar-refractivity contribution in [2.24, 2.45) is 5.92 Å². The first kappa shape index (κ1) is 18.2. The van der Waals surface area contributed by atoms with Gasteiger partial charge in [-0.1, -0.05) is 6.42 Å². The second-order valence-corrected chi connectivity index (χ2v) is 7.53. The molecule has 0 aliphatic heterocycles. The Bertz CT molecular complexity index is 564. The molecule has 5 heteroatoms. The summed E-state index contributed by atoms with van der Waals surface area (Å²) in [6.45, 7) is 0.261. The molecule has 25 heavy (non-hydrogen) atoms. The molecule has 5 nitrogen and oxygen atoms in total. The van der Waals surface area contributed by atoms with Crippen molar-refractivity contribution in [1.29, 1.82) is 0 Å². The SMILES string of the molecule is CN(C(=O)c1ccnc(OC2CCCCC2)c1)C1CCC(CO)CC1. The van der Waals surface area contributed by atoms with Gasteiger partial charge in [-0.25, -0.2) is 4.98 Å². The Morgan fingerprint density at radius 3 is 2.60 bits per heavy atom. The van der Waals surface area contributed by atoms with Crippen LogP contribution in [0.4, 0.5) is 0 Å². The number of ether oxygens (including phenoxy) is 1. The van der Waals surface area contributed by atoms with Crippen LogP contribution in [0.15, 0.2) is 18.3 Å². The summed E-state index contributed by atoms with van der Waals surface area (Å²) in [6.07, 6.45) is 11.7. The smallest absolute Gasteiger partial charge is 0.254 e. The molecule has 0 spiro atoms. The molecule has 0 unspecified atom stereocenters. The van der Waals surface area contributed by atoms with Crippen molar-refractivity contribution in [2.75, 3.05) is 13.7 Å². The van der Waals surface area contributed by atoms with Crippen LogP contribution in [-0.2, 0) is 0 Å². The minimum absolute atomic E-state index is 0.0309. The predicted molar refractivity (Wildman–Crippen MR) is 96.7 cm³/mol. The number of pyridine rings is 1. The molecule has 0 radical (unpaired) electrons. The van der Waals surface area contributed by atoms with E-state index < -0.39 is 0 Å². The molecule has 0 saturated heterocycles. The fourth-order valence-electron chi connectivity index (χ4n) is 4.04. The van der Waals surface area contributed by atoms with Crippen molar-refractivity contribution in [2.45, 2.75) is 69.9 Å². The number of aromatic nitrogens is 1. The van der Waals surface area contributed by atoms with Gasteiger partial charge in [0.15, 0.2) is 0 Å². The number of rotatable bonds is 5. The molecule has 138 valence electrons. The number of nitrogens with zero attached hydrogens (tertiary/aromatic N) is 2. The van der Waals surface area contributed by atoms with Gasteiger partial charge in [0, 0.05) is 37.5 Å². The lowest BCUT2D eigenvalue weighted by Crippen LogP contribution is -2.39. The van der Waals surface area contributed by atoms with Crippen LogP contribution in [0.5, 0.6) is 5.88 Å². The molecule has 2 aliphatic carbocycles. The molecule has 1 aromatic heterocycles. The minimum atomic E-state index is 0.0309. The summed E-state index contributed by atoms with van der Waals surface area (Å²) in [5, 5.41) is 9.27. The Morgan fingerprint density at radius 1 is 1.20 bits per heavy atom. The van der Waals surface area contributed by atoms with Gasteiger partial charge in [-0.3, -0.25) is 4.79 Å². The third-order valence-electron chi connectivity index (χ3n) is 5.76. The van der Waals surface area contributed by atoms with Gasteiger partial charge in [0.05, 0.1) is 0 Å². The van der Waals surface area contributed by atoms with Gasteiger partial charge in [0.1, 0.15) is 6.10 Å². The van der Waals surface area contributed by atoms with E-state index in [9.17, 15) is 9.90 Å². The summed E-state index contributed by atoms with van der Waals surface area (Å²) in [4.78, 5) is 19.0. The Hall–Kier alpha value is -1.62. The Morgan fingerprint density at radius 2 is 1.92 bits per heavy atom. The maximum Gasteiger partial charge on any atom is 0.254 e. The standard InChI is InChI=1S/C20H30N2O3/c1-22(17-9-7-15(14-23)8-10-17)20(24)16-11-12-21-19(13-16)25-18-5-3-2-4-6-18/h11-13,15,17-18,23H,2-10,14H2,1H3. The Balaban J connectivity index is 1.60.